The summed E-state index contributed by atoms with van der Waals surface area (Å²) in [5.41, 5.74) is 2.86. The number of benzene rings is 1. The molecule has 1 aromatic rings. The van der Waals surface area contributed by atoms with E-state index in [1.165, 1.54) is 11.3 Å². The molecule has 0 atom stereocenters. The van der Waals surface area contributed by atoms with Gasteiger partial charge < -0.3 is 10.2 Å². The molecule has 0 saturated heterocycles. The van der Waals surface area contributed by atoms with Gasteiger partial charge in [-0.25, -0.2) is 0 Å². The summed E-state index contributed by atoms with van der Waals surface area (Å²) in [5.74, 6) is 0. The van der Waals surface area contributed by atoms with Gasteiger partial charge in [-0.2, -0.15) is 0 Å². The monoisotopic (exact) mass is 262 g/mol. The van der Waals surface area contributed by atoms with Gasteiger partial charge in [-0.15, -0.1) is 0 Å². The molecule has 0 aliphatic heterocycles. The van der Waals surface area contributed by atoms with Gasteiger partial charge in [-0.1, -0.05) is 19.1 Å². The third-order valence-electron chi connectivity index (χ3n) is 3.12. The summed E-state index contributed by atoms with van der Waals surface area (Å²) in [7, 11) is 0. The van der Waals surface area contributed by atoms with Crippen molar-refractivity contribution in [2.75, 3.05) is 11.4 Å². The summed E-state index contributed by atoms with van der Waals surface area (Å²) in [6.45, 7) is 17.7. The maximum absolute atomic E-state index is 3.36. The maximum Gasteiger partial charge on any atom is 0.0375 e. The van der Waals surface area contributed by atoms with Crippen molar-refractivity contribution in [1.82, 2.24) is 5.32 Å². The standard InChI is InChI=1S/C17H30N2/c1-8-18-13-14-9-11-15(12-10-14)19(16(2,3)4)17(5,6)7/h9-12,18H,8,13H2,1-7H3. The van der Waals surface area contributed by atoms with Gasteiger partial charge in [-0.05, 0) is 65.8 Å². The smallest absolute Gasteiger partial charge is 0.0375 e. The van der Waals surface area contributed by atoms with Gasteiger partial charge in [0.2, 0.25) is 0 Å². The van der Waals surface area contributed by atoms with Crippen LogP contribution >= 0.6 is 0 Å². The summed E-state index contributed by atoms with van der Waals surface area (Å²) in [4.78, 5) is 2.48. The molecule has 0 aromatic heterocycles. The van der Waals surface area contributed by atoms with E-state index in [4.69, 9.17) is 0 Å². The van der Waals surface area contributed by atoms with Crippen LogP contribution in [0.25, 0.3) is 0 Å². The van der Waals surface area contributed by atoms with Crippen molar-refractivity contribution < 1.29 is 0 Å². The van der Waals surface area contributed by atoms with E-state index in [2.05, 4.69) is 82.9 Å². The first kappa shape index (κ1) is 16.0. The highest BCUT2D eigenvalue weighted by Crippen LogP contribution is 2.31. The highest BCUT2D eigenvalue weighted by Gasteiger charge is 2.31. The minimum Gasteiger partial charge on any atom is -0.362 e. The Morgan fingerprint density at radius 3 is 1.74 bits per heavy atom. The van der Waals surface area contributed by atoms with E-state index in [9.17, 15) is 0 Å². The molecule has 0 fully saturated rings. The molecule has 1 N–H and O–H groups in total. The summed E-state index contributed by atoms with van der Waals surface area (Å²) >= 11 is 0. The molecule has 0 aliphatic carbocycles. The Bertz CT molecular complexity index is 365. The minimum absolute atomic E-state index is 0.113. The highest BCUT2D eigenvalue weighted by molar-refractivity contribution is 5.52. The van der Waals surface area contributed by atoms with Crippen molar-refractivity contribution >= 4 is 5.69 Å². The summed E-state index contributed by atoms with van der Waals surface area (Å²) in [6.07, 6.45) is 0. The van der Waals surface area contributed by atoms with Crippen LogP contribution in [0.5, 0.6) is 0 Å². The zero-order valence-electron chi connectivity index (χ0n) is 13.7. The molecule has 108 valence electrons. The summed E-state index contributed by atoms with van der Waals surface area (Å²) in [5, 5.41) is 3.36. The fourth-order valence-electron chi connectivity index (χ4n) is 2.81. The number of hydrogen-bond acceptors (Lipinski definition) is 2. The number of nitrogens with zero attached hydrogens (tertiary/aromatic N) is 1. The topological polar surface area (TPSA) is 15.3 Å². The first-order chi connectivity index (χ1) is 8.66. The molecule has 2 heteroatoms. The lowest BCUT2D eigenvalue weighted by Crippen LogP contribution is -2.53. The van der Waals surface area contributed by atoms with E-state index in [0.717, 1.165) is 13.1 Å². The number of hydrogen-bond donors (Lipinski definition) is 1. The first-order valence-corrected chi connectivity index (χ1v) is 7.26. The molecule has 2 nitrogen and oxygen atoms in total. The van der Waals surface area contributed by atoms with Crippen LogP contribution in [0.2, 0.25) is 0 Å². The average molecular weight is 262 g/mol. The fourth-order valence-corrected chi connectivity index (χ4v) is 2.81. The zero-order chi connectivity index (χ0) is 14.7. The molecular weight excluding hydrogens is 232 g/mol. The molecule has 1 rings (SSSR count). The van der Waals surface area contributed by atoms with E-state index >= 15 is 0 Å². The number of anilines is 1. The van der Waals surface area contributed by atoms with Gasteiger partial charge in [0, 0.05) is 23.3 Å². The molecule has 0 aliphatic rings. The van der Waals surface area contributed by atoms with Crippen LogP contribution in [0, 0.1) is 0 Å². The molecule has 0 amide bonds. The van der Waals surface area contributed by atoms with Crippen LogP contribution in [0.3, 0.4) is 0 Å². The average Bonchev–Trinajstić information content (AvgIpc) is 2.24. The zero-order valence-corrected chi connectivity index (χ0v) is 13.7. The van der Waals surface area contributed by atoms with E-state index in [-0.39, 0.29) is 11.1 Å². The lowest BCUT2D eigenvalue weighted by Gasteiger charge is -2.47. The van der Waals surface area contributed by atoms with Gasteiger partial charge in [0.1, 0.15) is 0 Å². The van der Waals surface area contributed by atoms with Crippen molar-refractivity contribution in [1.29, 1.82) is 0 Å². The van der Waals surface area contributed by atoms with Gasteiger partial charge in [0.05, 0.1) is 0 Å². The number of nitrogens with one attached hydrogen (secondary N) is 1. The van der Waals surface area contributed by atoms with E-state index in [0.29, 0.717) is 0 Å². The Labute approximate surface area is 119 Å². The predicted molar refractivity (Wildman–Crippen MR) is 85.8 cm³/mol. The molecule has 0 bridgehead atoms. The Balaban J connectivity index is 2.99. The second-order valence-corrected chi connectivity index (χ2v) is 7.12. The van der Waals surface area contributed by atoms with E-state index in [1.54, 1.807) is 0 Å². The SMILES string of the molecule is CCNCc1ccc(N(C(C)(C)C)C(C)(C)C)cc1. The van der Waals surface area contributed by atoms with Gasteiger partial charge >= 0.3 is 0 Å². The van der Waals surface area contributed by atoms with Crippen LogP contribution in [0.1, 0.15) is 54.0 Å². The van der Waals surface area contributed by atoms with Crippen molar-refractivity contribution in [2.45, 2.75) is 66.1 Å². The third kappa shape index (κ3) is 4.54. The lowest BCUT2D eigenvalue weighted by molar-refractivity contribution is 0.381. The predicted octanol–water partition coefficient (Wildman–Crippen LogP) is 4.20. The maximum atomic E-state index is 3.36. The first-order valence-electron chi connectivity index (χ1n) is 7.26. The second-order valence-electron chi connectivity index (χ2n) is 7.12. The quantitative estimate of drug-likeness (QED) is 0.875. The largest absolute Gasteiger partial charge is 0.362 e. The van der Waals surface area contributed by atoms with Crippen molar-refractivity contribution in [3.63, 3.8) is 0 Å². The normalized spacial score (nSPS) is 12.6. The molecule has 0 unspecified atom stereocenters. The van der Waals surface area contributed by atoms with Crippen molar-refractivity contribution in [2.24, 2.45) is 0 Å². The molecule has 0 heterocycles. The third-order valence-corrected chi connectivity index (χ3v) is 3.12. The second kappa shape index (κ2) is 5.96. The number of rotatable bonds is 4. The Kier molecular flexibility index (Phi) is 5.03. The Hall–Kier alpha value is -1.02. The molecule has 19 heavy (non-hydrogen) atoms. The van der Waals surface area contributed by atoms with Crippen LogP contribution in [-0.2, 0) is 6.54 Å². The molecule has 1 aromatic carbocycles. The highest BCUT2D eigenvalue weighted by atomic mass is 15.2. The summed E-state index contributed by atoms with van der Waals surface area (Å²) in [6, 6.07) is 8.93. The molecule has 0 saturated carbocycles. The van der Waals surface area contributed by atoms with Crippen LogP contribution < -0.4 is 10.2 Å². The van der Waals surface area contributed by atoms with Crippen LogP contribution in [0.4, 0.5) is 5.69 Å². The van der Waals surface area contributed by atoms with E-state index < -0.39 is 0 Å². The van der Waals surface area contributed by atoms with Crippen LogP contribution in [-0.4, -0.2) is 17.6 Å². The summed E-state index contributed by atoms with van der Waals surface area (Å²) < 4.78 is 0. The minimum atomic E-state index is 0.113. The van der Waals surface area contributed by atoms with Gasteiger partial charge in [0.15, 0.2) is 0 Å². The van der Waals surface area contributed by atoms with Crippen LogP contribution in [0.15, 0.2) is 24.3 Å². The van der Waals surface area contributed by atoms with Gasteiger partial charge in [0.25, 0.3) is 0 Å². The lowest BCUT2D eigenvalue weighted by atomic mass is 9.94. The van der Waals surface area contributed by atoms with Gasteiger partial charge in [-0.3, -0.25) is 0 Å². The molecule has 0 radical (unpaired) electrons. The van der Waals surface area contributed by atoms with E-state index in [1.807, 2.05) is 0 Å². The fraction of sp³-hybridized carbons (Fsp3) is 0.647. The molecule has 0 spiro atoms. The molecular formula is C17H30N2. The van der Waals surface area contributed by atoms with Crippen molar-refractivity contribution in [3.05, 3.63) is 29.8 Å². The van der Waals surface area contributed by atoms with Crippen molar-refractivity contribution in [3.8, 4) is 0 Å². The Morgan fingerprint density at radius 2 is 1.37 bits per heavy atom. The Morgan fingerprint density at radius 1 is 0.895 bits per heavy atom.